The lowest BCUT2D eigenvalue weighted by Crippen LogP contribution is -2.50. The highest BCUT2D eigenvalue weighted by Gasteiger charge is 2.83. The minimum Gasteiger partial charge on any atom is -0.481 e. The van der Waals surface area contributed by atoms with Crippen LogP contribution in [0.3, 0.4) is 0 Å². The van der Waals surface area contributed by atoms with Crippen molar-refractivity contribution in [2.24, 2.45) is 28.6 Å². The van der Waals surface area contributed by atoms with Gasteiger partial charge in [-0.2, -0.15) is 0 Å². The number of aliphatic hydroxyl groups is 2. The Morgan fingerprint density at radius 1 is 1.44 bits per heavy atom. The second-order valence-electron chi connectivity index (χ2n) is 8.94. The van der Waals surface area contributed by atoms with Crippen LogP contribution in [-0.4, -0.2) is 44.6 Å². The fourth-order valence-electron chi connectivity index (χ4n) is 7.13. The average Bonchev–Trinajstić information content (AvgIpc) is 2.95. The zero-order valence-electron chi connectivity index (χ0n) is 14.1. The van der Waals surface area contributed by atoms with E-state index in [1.54, 1.807) is 19.1 Å². The number of hydrogen-bond donors (Lipinski definition) is 3. The number of rotatable bonds is 1. The molecule has 1 aliphatic heterocycles. The van der Waals surface area contributed by atoms with Crippen molar-refractivity contribution >= 4 is 11.9 Å². The van der Waals surface area contributed by atoms with E-state index in [9.17, 15) is 24.9 Å². The molecule has 5 rings (SSSR count). The molecule has 2 unspecified atom stereocenters. The Bertz CT molecular complexity index is 772. The molecule has 134 valence electrons. The summed E-state index contributed by atoms with van der Waals surface area (Å²) >= 11 is 0. The van der Waals surface area contributed by atoms with Crippen LogP contribution in [0.5, 0.6) is 0 Å². The normalized spacial score (nSPS) is 58.0. The monoisotopic (exact) mass is 346 g/mol. The molecule has 4 aliphatic carbocycles. The predicted molar refractivity (Wildman–Crippen MR) is 85.2 cm³/mol. The Kier molecular flexibility index (Phi) is 2.50. The first-order valence-electron chi connectivity index (χ1n) is 8.86. The summed E-state index contributed by atoms with van der Waals surface area (Å²) in [5.74, 6) is -3.18. The summed E-state index contributed by atoms with van der Waals surface area (Å²) in [5.41, 5.74) is -3.29. The molecule has 4 fully saturated rings. The summed E-state index contributed by atoms with van der Waals surface area (Å²) < 4.78 is 5.87. The van der Waals surface area contributed by atoms with E-state index in [2.05, 4.69) is 6.58 Å². The number of carbonyl (C=O) groups excluding carboxylic acids is 1. The smallest absolute Gasteiger partial charge is 0.316 e. The topological polar surface area (TPSA) is 104 Å². The van der Waals surface area contributed by atoms with Gasteiger partial charge in [-0.1, -0.05) is 12.7 Å². The second-order valence-corrected chi connectivity index (χ2v) is 8.94. The summed E-state index contributed by atoms with van der Waals surface area (Å²) in [7, 11) is 0. The van der Waals surface area contributed by atoms with Crippen LogP contribution < -0.4 is 0 Å². The van der Waals surface area contributed by atoms with Gasteiger partial charge >= 0.3 is 11.9 Å². The largest absolute Gasteiger partial charge is 0.481 e. The lowest BCUT2D eigenvalue weighted by atomic mass is 9.61. The Morgan fingerprint density at radius 3 is 2.84 bits per heavy atom. The van der Waals surface area contributed by atoms with Gasteiger partial charge in [0, 0.05) is 11.8 Å². The predicted octanol–water partition coefficient (Wildman–Crippen LogP) is 1.03. The van der Waals surface area contributed by atoms with Gasteiger partial charge in [0.1, 0.15) is 11.0 Å². The van der Waals surface area contributed by atoms with Crippen molar-refractivity contribution < 1.29 is 29.6 Å². The molecule has 6 heteroatoms. The van der Waals surface area contributed by atoms with E-state index in [0.717, 1.165) is 0 Å². The highest BCUT2D eigenvalue weighted by molar-refractivity contribution is 5.86. The lowest BCUT2D eigenvalue weighted by Gasteiger charge is -2.44. The van der Waals surface area contributed by atoms with Crippen molar-refractivity contribution in [3.8, 4) is 0 Å². The summed E-state index contributed by atoms with van der Waals surface area (Å²) in [6, 6.07) is 0. The first kappa shape index (κ1) is 15.6. The van der Waals surface area contributed by atoms with Gasteiger partial charge in [0.2, 0.25) is 0 Å². The number of hydrogen-bond acceptors (Lipinski definition) is 5. The van der Waals surface area contributed by atoms with E-state index < -0.39 is 51.9 Å². The van der Waals surface area contributed by atoms with Crippen LogP contribution in [0.25, 0.3) is 0 Å². The number of esters is 1. The lowest BCUT2D eigenvalue weighted by molar-refractivity contribution is -0.163. The van der Waals surface area contributed by atoms with Gasteiger partial charge in [-0.15, -0.1) is 0 Å². The first-order valence-corrected chi connectivity index (χ1v) is 8.86. The zero-order valence-corrected chi connectivity index (χ0v) is 14.1. The molecule has 4 bridgehead atoms. The zero-order chi connectivity index (χ0) is 18.0. The van der Waals surface area contributed by atoms with E-state index >= 15 is 0 Å². The SMILES string of the molecule is C=C1C[C@]23CC1(O)CC[C@H]2[C@@]12C=C[C@H](O)C(C)(C(=O)O1)[C@H]2[C@@H]3C(=O)O. The van der Waals surface area contributed by atoms with Crippen LogP contribution in [0.15, 0.2) is 24.3 Å². The molecule has 0 radical (unpaired) electrons. The van der Waals surface area contributed by atoms with E-state index in [-0.39, 0.29) is 5.92 Å². The third-order valence-corrected chi connectivity index (χ3v) is 8.12. The van der Waals surface area contributed by atoms with Crippen molar-refractivity contribution in [3.05, 3.63) is 24.3 Å². The van der Waals surface area contributed by atoms with Crippen LogP contribution in [0, 0.1) is 28.6 Å². The van der Waals surface area contributed by atoms with Crippen molar-refractivity contribution in [3.63, 3.8) is 0 Å². The molecular formula is C19H22O6. The van der Waals surface area contributed by atoms with Gasteiger partial charge in [-0.05, 0) is 49.7 Å². The number of aliphatic hydroxyl groups excluding tert-OH is 1. The number of aliphatic carboxylic acids is 1. The van der Waals surface area contributed by atoms with E-state index in [1.165, 1.54) is 0 Å². The molecule has 1 spiro atoms. The van der Waals surface area contributed by atoms with Crippen LogP contribution >= 0.6 is 0 Å². The standard InChI is InChI=1S/C19H22O6/c1-9-7-17-8-18(9,24)5-3-10(17)19-6-4-11(20)16(2,15(23)25-19)13(19)12(17)14(21)22/h4,6,10-13,20,24H,1,3,5,7-8H2,2H3,(H,21,22)/t10-,11+,12-,13-,16?,17+,18?,19-/m1/s1. The quantitative estimate of drug-likeness (QED) is 0.484. The maximum atomic E-state index is 12.7. The van der Waals surface area contributed by atoms with Crippen molar-refractivity contribution in [1.29, 1.82) is 0 Å². The van der Waals surface area contributed by atoms with Gasteiger partial charge < -0.3 is 20.1 Å². The van der Waals surface area contributed by atoms with Crippen molar-refractivity contribution in [2.75, 3.05) is 0 Å². The molecule has 0 aromatic carbocycles. The summed E-state index contributed by atoms with van der Waals surface area (Å²) in [4.78, 5) is 25.1. The van der Waals surface area contributed by atoms with Gasteiger partial charge in [0.05, 0.1) is 17.6 Å². The number of fused-ring (bicyclic) bond motifs is 1. The Balaban J connectivity index is 1.78. The average molecular weight is 346 g/mol. The van der Waals surface area contributed by atoms with Crippen LogP contribution in [0.1, 0.15) is 32.6 Å². The molecule has 3 saturated carbocycles. The number of carboxylic acid groups (broad SMARTS) is 1. The second kappa shape index (κ2) is 4.01. The van der Waals surface area contributed by atoms with Gasteiger partial charge in [-0.25, -0.2) is 0 Å². The molecule has 1 saturated heterocycles. The van der Waals surface area contributed by atoms with E-state index in [4.69, 9.17) is 4.74 Å². The molecule has 6 nitrogen and oxygen atoms in total. The van der Waals surface area contributed by atoms with Crippen LogP contribution in [-0.2, 0) is 14.3 Å². The third kappa shape index (κ3) is 1.36. The Labute approximate surface area is 145 Å². The van der Waals surface area contributed by atoms with Crippen molar-refractivity contribution in [2.45, 2.75) is 49.9 Å². The Hall–Kier alpha value is -1.66. The van der Waals surface area contributed by atoms with E-state index in [0.29, 0.717) is 31.3 Å². The van der Waals surface area contributed by atoms with Gasteiger partial charge in [0.25, 0.3) is 0 Å². The molecule has 0 aromatic rings. The minimum atomic E-state index is -1.27. The molecule has 5 aliphatic rings. The minimum absolute atomic E-state index is 0.180. The molecule has 3 N–H and O–H groups in total. The fraction of sp³-hybridized carbons (Fsp3) is 0.684. The molecule has 8 atom stereocenters. The summed E-state index contributed by atoms with van der Waals surface area (Å²) in [5, 5.41) is 31.6. The molecule has 0 amide bonds. The molecule has 25 heavy (non-hydrogen) atoms. The van der Waals surface area contributed by atoms with Gasteiger partial charge in [-0.3, -0.25) is 9.59 Å². The third-order valence-electron chi connectivity index (χ3n) is 8.12. The van der Waals surface area contributed by atoms with E-state index in [1.807, 2.05) is 0 Å². The Morgan fingerprint density at radius 2 is 2.16 bits per heavy atom. The highest BCUT2D eigenvalue weighted by Crippen LogP contribution is 2.77. The maximum absolute atomic E-state index is 12.7. The molecule has 0 aromatic heterocycles. The molecule has 1 heterocycles. The maximum Gasteiger partial charge on any atom is 0.316 e. The van der Waals surface area contributed by atoms with Crippen LogP contribution in [0.2, 0.25) is 0 Å². The number of carbonyl (C=O) groups is 2. The van der Waals surface area contributed by atoms with Crippen LogP contribution in [0.4, 0.5) is 0 Å². The number of carboxylic acids is 1. The molecular weight excluding hydrogens is 324 g/mol. The first-order chi connectivity index (χ1) is 11.6. The number of ether oxygens (including phenoxy) is 1. The highest BCUT2D eigenvalue weighted by atomic mass is 16.6. The van der Waals surface area contributed by atoms with Gasteiger partial charge in [0.15, 0.2) is 0 Å². The summed E-state index contributed by atoms with van der Waals surface area (Å²) in [6.45, 7) is 5.64. The van der Waals surface area contributed by atoms with Crippen molar-refractivity contribution in [1.82, 2.24) is 0 Å². The summed E-state index contributed by atoms with van der Waals surface area (Å²) in [6.07, 6.45) is 4.11. The fourth-order valence-corrected chi connectivity index (χ4v) is 7.13.